The van der Waals surface area contributed by atoms with Gasteiger partial charge in [-0.05, 0) is 37.1 Å². The van der Waals surface area contributed by atoms with Crippen molar-refractivity contribution in [2.24, 2.45) is 4.99 Å². The Labute approximate surface area is 166 Å². The van der Waals surface area contributed by atoms with E-state index >= 15 is 0 Å². The van der Waals surface area contributed by atoms with Crippen LogP contribution in [0.3, 0.4) is 0 Å². The molecule has 4 rings (SSSR count). The van der Waals surface area contributed by atoms with Crippen molar-refractivity contribution in [3.8, 4) is 5.75 Å². The van der Waals surface area contributed by atoms with Crippen LogP contribution in [0.5, 0.6) is 5.75 Å². The molecule has 3 heterocycles. The molecular formula is C19H23F3N4O3. The average molecular weight is 412 g/mol. The molecule has 1 aromatic carbocycles. The standard InChI is InChI=1S/C19H23F3N4O3/c20-19(21,22)28-15-5-3-14(4-6-15)17-23-18(29-24-17)7-11-25(12-8-18)13-16(27)26-9-1-2-10-26/h3-6H,1-2,7-13H2,(H,23,24). The molecule has 1 spiro atoms. The minimum absolute atomic E-state index is 0.175. The highest BCUT2D eigenvalue weighted by Crippen LogP contribution is 2.31. The van der Waals surface area contributed by atoms with Gasteiger partial charge in [0.1, 0.15) is 5.75 Å². The molecule has 2 saturated heterocycles. The van der Waals surface area contributed by atoms with Gasteiger partial charge >= 0.3 is 6.36 Å². The predicted octanol–water partition coefficient (Wildman–Crippen LogP) is 2.28. The molecule has 7 nitrogen and oxygen atoms in total. The number of nitrogens with one attached hydrogen (secondary N) is 1. The number of hydroxylamine groups is 1. The summed E-state index contributed by atoms with van der Waals surface area (Å²) in [6.07, 6.45) is -1.30. The highest BCUT2D eigenvalue weighted by molar-refractivity contribution is 5.99. The van der Waals surface area contributed by atoms with Crippen molar-refractivity contribution in [2.45, 2.75) is 37.8 Å². The quantitative estimate of drug-likeness (QED) is 0.822. The number of aliphatic imine (C=N–C) groups is 1. The number of nitrogens with zero attached hydrogens (tertiary/aromatic N) is 3. The monoisotopic (exact) mass is 412 g/mol. The lowest BCUT2D eigenvalue weighted by Gasteiger charge is -2.35. The van der Waals surface area contributed by atoms with Crippen LogP contribution in [0.4, 0.5) is 13.2 Å². The van der Waals surface area contributed by atoms with E-state index in [-0.39, 0.29) is 11.7 Å². The zero-order valence-electron chi connectivity index (χ0n) is 15.9. The first-order chi connectivity index (χ1) is 13.8. The van der Waals surface area contributed by atoms with Gasteiger partial charge in [-0.25, -0.2) is 15.3 Å². The molecule has 0 aliphatic carbocycles. The largest absolute Gasteiger partial charge is 0.573 e. The van der Waals surface area contributed by atoms with Gasteiger partial charge in [-0.2, -0.15) is 0 Å². The summed E-state index contributed by atoms with van der Waals surface area (Å²) in [6.45, 7) is 3.50. The fraction of sp³-hybridized carbons (Fsp3) is 0.579. The Hall–Kier alpha value is -2.33. The number of likely N-dealkylation sites (tertiary alicyclic amines) is 2. The van der Waals surface area contributed by atoms with Crippen molar-refractivity contribution in [1.82, 2.24) is 15.3 Å². The molecule has 3 aliphatic rings. The van der Waals surface area contributed by atoms with Crippen LogP contribution in [-0.2, 0) is 9.63 Å². The molecule has 10 heteroatoms. The second-order valence-corrected chi connectivity index (χ2v) is 7.55. The van der Waals surface area contributed by atoms with Gasteiger partial charge in [-0.1, -0.05) is 0 Å². The lowest BCUT2D eigenvalue weighted by molar-refractivity contribution is -0.274. The summed E-state index contributed by atoms with van der Waals surface area (Å²) in [6, 6.07) is 5.48. The Kier molecular flexibility index (Phi) is 5.39. The first-order valence-corrected chi connectivity index (χ1v) is 9.72. The molecule has 0 bridgehead atoms. The van der Waals surface area contributed by atoms with Crippen molar-refractivity contribution in [2.75, 3.05) is 32.7 Å². The van der Waals surface area contributed by atoms with Crippen LogP contribution < -0.4 is 10.2 Å². The van der Waals surface area contributed by atoms with E-state index in [2.05, 4.69) is 20.1 Å². The molecule has 0 atom stereocenters. The molecule has 0 unspecified atom stereocenters. The lowest BCUT2D eigenvalue weighted by Crippen LogP contribution is -2.48. The minimum Gasteiger partial charge on any atom is -0.406 e. The Morgan fingerprint density at radius 3 is 2.41 bits per heavy atom. The number of hydrogen-bond acceptors (Lipinski definition) is 6. The van der Waals surface area contributed by atoms with E-state index < -0.39 is 12.1 Å². The van der Waals surface area contributed by atoms with E-state index in [9.17, 15) is 18.0 Å². The zero-order chi connectivity index (χ0) is 20.5. The second-order valence-electron chi connectivity index (χ2n) is 7.55. The summed E-state index contributed by atoms with van der Waals surface area (Å²) < 4.78 is 40.7. The minimum atomic E-state index is -4.72. The van der Waals surface area contributed by atoms with Crippen molar-refractivity contribution in [3.05, 3.63) is 29.8 Å². The second kappa shape index (κ2) is 7.83. The highest BCUT2D eigenvalue weighted by atomic mass is 19.4. The maximum atomic E-state index is 12.3. The van der Waals surface area contributed by atoms with E-state index in [0.29, 0.717) is 43.9 Å². The molecule has 158 valence electrons. The van der Waals surface area contributed by atoms with Gasteiger partial charge in [-0.3, -0.25) is 9.69 Å². The number of hydrogen-bond donors (Lipinski definition) is 1. The lowest BCUT2D eigenvalue weighted by atomic mass is 10.0. The van der Waals surface area contributed by atoms with Gasteiger partial charge < -0.3 is 9.64 Å². The third kappa shape index (κ3) is 4.81. The molecule has 2 fully saturated rings. The fourth-order valence-corrected chi connectivity index (χ4v) is 3.86. The molecule has 3 aliphatic heterocycles. The number of piperidine rings is 1. The highest BCUT2D eigenvalue weighted by Gasteiger charge is 2.41. The van der Waals surface area contributed by atoms with Crippen LogP contribution in [0, 0.1) is 0 Å². The summed E-state index contributed by atoms with van der Waals surface area (Å²) >= 11 is 0. The average Bonchev–Trinajstić information content (AvgIpc) is 3.34. The van der Waals surface area contributed by atoms with E-state index in [4.69, 9.17) is 4.84 Å². The van der Waals surface area contributed by atoms with E-state index in [1.54, 1.807) is 0 Å². The molecule has 1 aromatic rings. The smallest absolute Gasteiger partial charge is 0.406 e. The third-order valence-corrected chi connectivity index (χ3v) is 5.47. The molecule has 1 amide bonds. The number of amidine groups is 1. The number of ether oxygens (including phenoxy) is 1. The molecule has 29 heavy (non-hydrogen) atoms. The first kappa shape index (κ1) is 20.0. The molecule has 1 N–H and O–H groups in total. The van der Waals surface area contributed by atoms with Crippen LogP contribution in [0.2, 0.25) is 0 Å². The topological polar surface area (TPSA) is 66.4 Å². The van der Waals surface area contributed by atoms with Gasteiger partial charge in [0, 0.05) is 44.6 Å². The van der Waals surface area contributed by atoms with Gasteiger partial charge in [-0.15, -0.1) is 13.2 Å². The summed E-state index contributed by atoms with van der Waals surface area (Å²) in [5.41, 5.74) is 2.70. The number of alkyl halides is 3. The van der Waals surface area contributed by atoms with E-state index in [0.717, 1.165) is 25.9 Å². The molecule has 0 aromatic heterocycles. The Morgan fingerprint density at radius 2 is 1.79 bits per heavy atom. The van der Waals surface area contributed by atoms with Crippen molar-refractivity contribution in [1.29, 1.82) is 0 Å². The number of carbonyl (C=O) groups is 1. The number of benzene rings is 1. The summed E-state index contributed by atoms with van der Waals surface area (Å²) in [7, 11) is 0. The van der Waals surface area contributed by atoms with Gasteiger partial charge in [0.05, 0.1) is 6.54 Å². The Balaban J connectivity index is 1.33. The summed E-state index contributed by atoms with van der Waals surface area (Å²) in [4.78, 5) is 26.7. The summed E-state index contributed by atoms with van der Waals surface area (Å²) in [5, 5.41) is 0. The van der Waals surface area contributed by atoms with Crippen molar-refractivity contribution < 1.29 is 27.5 Å². The van der Waals surface area contributed by atoms with Gasteiger partial charge in [0.25, 0.3) is 0 Å². The predicted molar refractivity (Wildman–Crippen MR) is 98.1 cm³/mol. The normalized spacial score (nSPS) is 21.9. The zero-order valence-corrected chi connectivity index (χ0v) is 15.9. The molecule has 0 saturated carbocycles. The van der Waals surface area contributed by atoms with Gasteiger partial charge in [0.2, 0.25) is 5.91 Å². The van der Waals surface area contributed by atoms with Crippen LogP contribution in [0.1, 0.15) is 31.2 Å². The first-order valence-electron chi connectivity index (χ1n) is 9.72. The SMILES string of the molecule is O=C(CN1CCC2(CC1)N=C(c1ccc(OC(F)(F)F)cc1)NO2)N1CCCC1. The van der Waals surface area contributed by atoms with Crippen molar-refractivity contribution in [3.63, 3.8) is 0 Å². The fourth-order valence-electron chi connectivity index (χ4n) is 3.86. The Morgan fingerprint density at radius 1 is 1.14 bits per heavy atom. The van der Waals surface area contributed by atoms with Gasteiger partial charge in [0.15, 0.2) is 11.6 Å². The van der Waals surface area contributed by atoms with E-state index in [1.807, 2.05) is 4.90 Å². The maximum Gasteiger partial charge on any atom is 0.573 e. The summed E-state index contributed by atoms with van der Waals surface area (Å²) in [5.74, 6) is 0.367. The maximum absolute atomic E-state index is 12.3. The number of carbonyl (C=O) groups excluding carboxylic acids is 1. The number of amides is 1. The van der Waals surface area contributed by atoms with Crippen LogP contribution >= 0.6 is 0 Å². The van der Waals surface area contributed by atoms with Crippen LogP contribution in [0.25, 0.3) is 0 Å². The molecular weight excluding hydrogens is 389 g/mol. The van der Waals surface area contributed by atoms with E-state index in [1.165, 1.54) is 24.3 Å². The number of halogens is 3. The Bertz CT molecular complexity index is 768. The van der Waals surface area contributed by atoms with Crippen LogP contribution in [-0.4, -0.2) is 66.4 Å². The van der Waals surface area contributed by atoms with Crippen LogP contribution in [0.15, 0.2) is 29.3 Å². The molecule has 0 radical (unpaired) electrons. The third-order valence-electron chi connectivity index (χ3n) is 5.47. The van der Waals surface area contributed by atoms with Crippen molar-refractivity contribution >= 4 is 11.7 Å². The number of rotatable bonds is 4.